The van der Waals surface area contributed by atoms with Crippen LogP contribution in [-0.4, -0.2) is 35.5 Å². The second-order valence-corrected chi connectivity index (χ2v) is 6.29. The third kappa shape index (κ3) is 4.44. The maximum absolute atomic E-state index is 13.7. The second-order valence-electron chi connectivity index (χ2n) is 6.29. The molecule has 0 amide bonds. The largest absolute Gasteiger partial charge is 0.384 e. The molecule has 0 aliphatic carbocycles. The van der Waals surface area contributed by atoms with Crippen LogP contribution >= 0.6 is 0 Å². The molecule has 163 valence electrons. The fraction of sp³-hybridized carbons (Fsp3) is 0.933. The average Bonchev–Trinajstić information content (AvgIpc) is 2.49. The van der Waals surface area contributed by atoms with Crippen molar-refractivity contribution in [2.24, 2.45) is 5.92 Å². The molecule has 27 heavy (non-hydrogen) atoms. The average molecular weight is 427 g/mol. The van der Waals surface area contributed by atoms with E-state index in [4.69, 9.17) is 0 Å². The normalized spacial score (nSPS) is 16.6. The molecule has 0 fully saturated rings. The summed E-state index contributed by atoms with van der Waals surface area (Å²) in [4.78, 5) is 0. The lowest BCUT2D eigenvalue weighted by Gasteiger charge is -2.41. The van der Waals surface area contributed by atoms with Gasteiger partial charge in [-0.25, -0.2) is 0 Å². The fourth-order valence-electron chi connectivity index (χ4n) is 2.15. The quantitative estimate of drug-likeness (QED) is 0.305. The molecule has 0 aliphatic rings. The molecule has 1 atom stereocenters. The van der Waals surface area contributed by atoms with Gasteiger partial charge < -0.3 is 0 Å². The molecule has 0 N–H and O–H groups in total. The van der Waals surface area contributed by atoms with E-state index >= 15 is 0 Å². The highest BCUT2D eigenvalue weighted by molar-refractivity contribution is 5.14. The van der Waals surface area contributed by atoms with Gasteiger partial charge in [0.2, 0.25) is 0 Å². The first-order valence-electron chi connectivity index (χ1n) is 7.87. The van der Waals surface area contributed by atoms with Crippen molar-refractivity contribution in [3.63, 3.8) is 0 Å². The van der Waals surface area contributed by atoms with Crippen molar-refractivity contribution < 1.29 is 52.7 Å². The molecule has 0 bridgehead atoms. The smallest absolute Gasteiger partial charge is 0.200 e. The Hall–Kier alpha value is -0.840. The van der Waals surface area contributed by atoms with Crippen LogP contribution in [0, 0.1) is 12.3 Å². The molecular weight excluding hydrogens is 408 g/mol. The molecule has 0 aromatic rings. The Morgan fingerprint density at radius 2 is 1.07 bits per heavy atom. The topological polar surface area (TPSA) is 0 Å². The van der Waals surface area contributed by atoms with Gasteiger partial charge in [-0.2, -0.15) is 52.7 Å². The first-order valence-corrected chi connectivity index (χ1v) is 7.87. The van der Waals surface area contributed by atoms with Crippen LogP contribution in [0.25, 0.3) is 0 Å². The molecule has 0 rings (SSSR count). The molecule has 0 aliphatic heterocycles. The summed E-state index contributed by atoms with van der Waals surface area (Å²) >= 11 is 0. The van der Waals surface area contributed by atoms with E-state index in [0.29, 0.717) is 6.42 Å². The van der Waals surface area contributed by atoms with Crippen molar-refractivity contribution in [3.8, 4) is 0 Å². The van der Waals surface area contributed by atoms with Gasteiger partial charge in [-0.15, -0.1) is 0 Å². The summed E-state index contributed by atoms with van der Waals surface area (Å²) in [6, 6.07) is 0. The van der Waals surface area contributed by atoms with Gasteiger partial charge >= 0.3 is 35.5 Å². The van der Waals surface area contributed by atoms with Gasteiger partial charge in [-0.1, -0.05) is 33.1 Å². The summed E-state index contributed by atoms with van der Waals surface area (Å²) in [6.07, 6.45) is -0.419. The predicted molar refractivity (Wildman–Crippen MR) is 73.0 cm³/mol. The number of rotatable bonds is 11. The second kappa shape index (κ2) is 7.88. The number of hydrogen-bond donors (Lipinski definition) is 0. The number of alkyl halides is 12. The van der Waals surface area contributed by atoms with E-state index in [9.17, 15) is 52.7 Å². The van der Waals surface area contributed by atoms with E-state index in [-0.39, 0.29) is 19.3 Å². The maximum atomic E-state index is 13.7. The van der Waals surface area contributed by atoms with Crippen molar-refractivity contribution in [2.45, 2.75) is 82.0 Å². The van der Waals surface area contributed by atoms with Gasteiger partial charge in [0.05, 0.1) is 0 Å². The Labute approximate surface area is 148 Å². The summed E-state index contributed by atoms with van der Waals surface area (Å²) in [5.74, 6) is -42.3. The zero-order chi connectivity index (χ0) is 22.1. The molecule has 0 saturated carbocycles. The Morgan fingerprint density at radius 3 is 1.41 bits per heavy atom. The van der Waals surface area contributed by atoms with E-state index in [1.807, 2.05) is 0 Å². The fourth-order valence-corrected chi connectivity index (χ4v) is 2.15. The molecule has 0 aromatic carbocycles. The van der Waals surface area contributed by atoms with Crippen molar-refractivity contribution in [1.29, 1.82) is 0 Å². The highest BCUT2D eigenvalue weighted by Gasteiger charge is 2.89. The number of unbranched alkanes of at least 4 members (excludes halogenated alkanes) is 1. The number of hydrogen-bond acceptors (Lipinski definition) is 0. The third-order valence-electron chi connectivity index (χ3n) is 4.05. The van der Waals surface area contributed by atoms with Crippen molar-refractivity contribution in [1.82, 2.24) is 0 Å². The van der Waals surface area contributed by atoms with E-state index in [1.165, 1.54) is 6.92 Å². The zero-order valence-electron chi connectivity index (χ0n) is 14.5. The molecule has 12 heteroatoms. The highest BCUT2D eigenvalue weighted by Crippen LogP contribution is 2.60. The van der Waals surface area contributed by atoms with Crippen LogP contribution in [0.1, 0.15) is 46.5 Å². The van der Waals surface area contributed by atoms with Crippen LogP contribution in [-0.2, 0) is 0 Å². The monoisotopic (exact) mass is 427 g/mol. The molecule has 0 nitrogen and oxygen atoms in total. The lowest BCUT2D eigenvalue weighted by molar-refractivity contribution is -0.420. The van der Waals surface area contributed by atoms with Gasteiger partial charge in [0.25, 0.3) is 0 Å². The van der Waals surface area contributed by atoms with Gasteiger partial charge in [0.1, 0.15) is 0 Å². The molecule has 0 aromatic heterocycles. The van der Waals surface area contributed by atoms with Gasteiger partial charge in [-0.3, -0.25) is 0 Å². The van der Waals surface area contributed by atoms with Crippen LogP contribution in [0.3, 0.4) is 0 Å². The summed E-state index contributed by atoms with van der Waals surface area (Å²) < 4.78 is 160. The number of halogens is 12. The van der Waals surface area contributed by atoms with E-state index in [0.717, 1.165) is 0 Å². The Kier molecular flexibility index (Phi) is 7.64. The van der Waals surface area contributed by atoms with Gasteiger partial charge in [-0.05, 0) is 12.3 Å². The lowest BCUT2D eigenvalue weighted by atomic mass is 9.85. The van der Waals surface area contributed by atoms with Gasteiger partial charge in [0.15, 0.2) is 0 Å². The minimum atomic E-state index is -7.48. The van der Waals surface area contributed by atoms with E-state index in [1.54, 1.807) is 6.92 Å². The minimum Gasteiger partial charge on any atom is -0.200 e. The highest BCUT2D eigenvalue weighted by atomic mass is 19.4. The van der Waals surface area contributed by atoms with Crippen LogP contribution in [0.15, 0.2) is 0 Å². The summed E-state index contributed by atoms with van der Waals surface area (Å²) in [5, 5.41) is 0. The zero-order valence-corrected chi connectivity index (χ0v) is 14.5. The maximum Gasteiger partial charge on any atom is 0.384 e. The summed E-state index contributed by atoms with van der Waals surface area (Å²) in [5.41, 5.74) is 0. The van der Waals surface area contributed by atoms with E-state index in [2.05, 4.69) is 0 Å². The summed E-state index contributed by atoms with van der Waals surface area (Å²) in [6.45, 7) is 1.90. The Morgan fingerprint density at radius 1 is 0.667 bits per heavy atom. The Balaban J connectivity index is 6.00. The standard InChI is InChI=1S/C15H19F12/c1-4-6-7-9(5-2)8-11(18,19)13(22,23)15(26,27)14(24,25)12(20,21)10(3,16)17/h8-9H,4-7H2,1-3H3. The van der Waals surface area contributed by atoms with Crippen molar-refractivity contribution in [3.05, 3.63) is 6.42 Å². The molecule has 0 spiro atoms. The molecular formula is C15H19F12. The first-order chi connectivity index (χ1) is 11.7. The lowest BCUT2D eigenvalue weighted by Crippen LogP contribution is -2.70. The van der Waals surface area contributed by atoms with Crippen LogP contribution in [0.5, 0.6) is 0 Å². The molecule has 1 radical (unpaired) electrons. The van der Waals surface area contributed by atoms with Crippen molar-refractivity contribution >= 4 is 0 Å². The minimum absolute atomic E-state index is 0.177. The van der Waals surface area contributed by atoms with Crippen LogP contribution in [0.2, 0.25) is 0 Å². The van der Waals surface area contributed by atoms with Crippen LogP contribution in [0.4, 0.5) is 52.7 Å². The predicted octanol–water partition coefficient (Wildman–Crippen LogP) is 7.24. The van der Waals surface area contributed by atoms with Crippen LogP contribution < -0.4 is 0 Å². The first kappa shape index (κ1) is 26.2. The third-order valence-corrected chi connectivity index (χ3v) is 4.05. The summed E-state index contributed by atoms with van der Waals surface area (Å²) in [7, 11) is 0. The van der Waals surface area contributed by atoms with E-state index < -0.39 is 54.8 Å². The molecule has 0 heterocycles. The van der Waals surface area contributed by atoms with Gasteiger partial charge in [0, 0.05) is 13.3 Å². The molecule has 0 saturated heterocycles. The SMILES string of the molecule is CCCCC([CH]C(F)(F)C(F)(F)C(F)(F)C(F)(F)C(F)(F)C(C)(F)F)CC. The van der Waals surface area contributed by atoms with Crippen molar-refractivity contribution in [2.75, 3.05) is 0 Å². The Bertz CT molecular complexity index is 478. The molecule has 1 unspecified atom stereocenters.